The van der Waals surface area contributed by atoms with Crippen LogP contribution in [0.25, 0.3) is 0 Å². The zero-order chi connectivity index (χ0) is 8.23. The van der Waals surface area contributed by atoms with E-state index in [9.17, 15) is 0 Å². The minimum absolute atomic E-state index is 1.00. The van der Waals surface area contributed by atoms with Gasteiger partial charge in [-0.2, -0.15) is 0 Å². The number of aliphatic imine (C=N–C) groups is 2. The predicted molar refractivity (Wildman–Crippen MR) is 51.4 cm³/mol. The molecule has 0 amide bonds. The van der Waals surface area contributed by atoms with Crippen LogP contribution >= 0.6 is 0 Å². The Balaban J connectivity index is 2.43. The summed E-state index contributed by atoms with van der Waals surface area (Å²) in [5.74, 6) is 0. The molecule has 1 heterocycles. The lowest BCUT2D eigenvalue weighted by atomic mass is 10.1. The van der Waals surface area contributed by atoms with Crippen LogP contribution in [-0.4, -0.2) is 12.6 Å². The van der Waals surface area contributed by atoms with Gasteiger partial charge in [0.05, 0.1) is 5.69 Å². The van der Waals surface area contributed by atoms with Crippen LogP contribution in [-0.2, 0) is 6.42 Å². The van der Waals surface area contributed by atoms with Gasteiger partial charge in [-0.3, -0.25) is 0 Å². The van der Waals surface area contributed by atoms with E-state index >= 15 is 0 Å². The Bertz CT molecular complexity index is 326. The summed E-state index contributed by atoms with van der Waals surface area (Å²) in [6.07, 6.45) is 5.55. The topological polar surface area (TPSA) is 24.7 Å². The van der Waals surface area contributed by atoms with Crippen molar-refractivity contribution < 1.29 is 0 Å². The Morgan fingerprint density at radius 3 is 3.08 bits per heavy atom. The molecule has 0 unspecified atom stereocenters. The fraction of sp³-hybridized carbons (Fsp3) is 0.200. The van der Waals surface area contributed by atoms with Crippen molar-refractivity contribution in [1.82, 2.24) is 0 Å². The van der Waals surface area contributed by atoms with E-state index in [1.54, 1.807) is 6.34 Å². The van der Waals surface area contributed by atoms with Crippen molar-refractivity contribution in [3.05, 3.63) is 29.8 Å². The zero-order valence-electron chi connectivity index (χ0n) is 6.77. The van der Waals surface area contributed by atoms with Crippen molar-refractivity contribution in [2.24, 2.45) is 9.98 Å². The largest absolute Gasteiger partial charge is 0.249 e. The smallest absolute Gasteiger partial charge is 0.115 e. The monoisotopic (exact) mass is 158 g/mol. The average Bonchev–Trinajstić information content (AvgIpc) is 2.06. The molecule has 0 N–H and O–H groups in total. The van der Waals surface area contributed by atoms with Crippen molar-refractivity contribution >= 4 is 18.2 Å². The number of aryl methyl sites for hydroxylation is 1. The van der Waals surface area contributed by atoms with E-state index < -0.39 is 0 Å². The molecule has 2 nitrogen and oxygen atoms in total. The first kappa shape index (κ1) is 7.22. The number of hydrogen-bond donors (Lipinski definition) is 0. The number of hydrogen-bond acceptors (Lipinski definition) is 2. The normalized spacial score (nSPS) is 15.0. The Hall–Kier alpha value is -1.44. The maximum atomic E-state index is 4.22. The molecule has 1 aromatic carbocycles. The highest BCUT2D eigenvalue weighted by Gasteiger charge is 1.99. The minimum Gasteiger partial charge on any atom is -0.249 e. The van der Waals surface area contributed by atoms with Gasteiger partial charge in [0.15, 0.2) is 0 Å². The average molecular weight is 158 g/mol. The third-order valence-electron chi connectivity index (χ3n) is 1.90. The molecule has 0 atom stereocenters. The molecule has 0 saturated heterocycles. The van der Waals surface area contributed by atoms with Gasteiger partial charge in [0.25, 0.3) is 0 Å². The fourth-order valence-electron chi connectivity index (χ4n) is 1.29. The highest BCUT2D eigenvalue weighted by Crippen LogP contribution is 2.19. The summed E-state index contributed by atoms with van der Waals surface area (Å²) in [5, 5.41) is 0. The molecular formula is C10H10N2. The molecule has 1 aromatic rings. The quantitative estimate of drug-likeness (QED) is 0.553. The van der Waals surface area contributed by atoms with Crippen LogP contribution in [0.5, 0.6) is 0 Å². The number of fused-ring (bicyclic) bond motifs is 1. The molecule has 0 aliphatic carbocycles. The lowest BCUT2D eigenvalue weighted by Gasteiger charge is -2.03. The molecule has 0 spiro atoms. The first-order valence-corrected chi connectivity index (χ1v) is 4.09. The molecule has 0 fully saturated rings. The molecule has 0 saturated carbocycles. The second-order valence-corrected chi connectivity index (χ2v) is 2.74. The molecule has 12 heavy (non-hydrogen) atoms. The van der Waals surface area contributed by atoms with Crippen LogP contribution in [0.4, 0.5) is 5.69 Å². The maximum Gasteiger partial charge on any atom is 0.115 e. The molecular weight excluding hydrogens is 148 g/mol. The van der Waals surface area contributed by atoms with Crippen LogP contribution in [0.15, 0.2) is 34.3 Å². The summed E-state index contributed by atoms with van der Waals surface area (Å²) in [6, 6.07) is 8.19. The van der Waals surface area contributed by atoms with E-state index in [0.717, 1.165) is 18.5 Å². The van der Waals surface area contributed by atoms with Gasteiger partial charge in [0.2, 0.25) is 0 Å². The number of benzene rings is 1. The number of para-hydroxylation sites is 1. The van der Waals surface area contributed by atoms with E-state index in [-0.39, 0.29) is 0 Å². The van der Waals surface area contributed by atoms with Gasteiger partial charge in [-0.15, -0.1) is 0 Å². The Kier molecular flexibility index (Phi) is 1.99. The van der Waals surface area contributed by atoms with Crippen molar-refractivity contribution in [2.45, 2.75) is 12.8 Å². The molecule has 0 aromatic heterocycles. The summed E-state index contributed by atoms with van der Waals surface area (Å²) in [4.78, 5) is 8.24. The Morgan fingerprint density at radius 2 is 2.08 bits per heavy atom. The second-order valence-electron chi connectivity index (χ2n) is 2.74. The third kappa shape index (κ3) is 1.42. The van der Waals surface area contributed by atoms with Crippen molar-refractivity contribution in [3.8, 4) is 0 Å². The summed E-state index contributed by atoms with van der Waals surface area (Å²) < 4.78 is 0. The second kappa shape index (κ2) is 3.30. The van der Waals surface area contributed by atoms with Gasteiger partial charge in [-0.25, -0.2) is 9.98 Å². The lowest BCUT2D eigenvalue weighted by Crippen LogP contribution is -1.89. The summed E-state index contributed by atoms with van der Waals surface area (Å²) in [6.45, 7) is 0. The van der Waals surface area contributed by atoms with Gasteiger partial charge in [0.1, 0.15) is 6.34 Å². The van der Waals surface area contributed by atoms with Crippen molar-refractivity contribution in [1.29, 1.82) is 0 Å². The molecule has 2 heteroatoms. The van der Waals surface area contributed by atoms with Crippen LogP contribution < -0.4 is 0 Å². The molecule has 1 aliphatic rings. The molecule has 0 radical (unpaired) electrons. The summed E-state index contributed by atoms with van der Waals surface area (Å²) >= 11 is 0. The van der Waals surface area contributed by atoms with Gasteiger partial charge < -0.3 is 0 Å². The van der Waals surface area contributed by atoms with Crippen molar-refractivity contribution in [3.63, 3.8) is 0 Å². The SMILES string of the molecule is C1=NC=Nc2ccccc2CC1. The molecule has 2 rings (SSSR count). The number of rotatable bonds is 0. The first-order chi connectivity index (χ1) is 5.97. The Morgan fingerprint density at radius 1 is 1.17 bits per heavy atom. The van der Waals surface area contributed by atoms with Gasteiger partial charge in [-0.05, 0) is 24.5 Å². The summed E-state index contributed by atoms with van der Waals surface area (Å²) in [7, 11) is 0. The summed E-state index contributed by atoms with van der Waals surface area (Å²) in [5.41, 5.74) is 2.36. The fourth-order valence-corrected chi connectivity index (χ4v) is 1.29. The Labute approximate surface area is 71.7 Å². The molecule has 0 bridgehead atoms. The van der Waals surface area contributed by atoms with Crippen molar-refractivity contribution in [2.75, 3.05) is 0 Å². The van der Waals surface area contributed by atoms with Crippen LogP contribution in [0.1, 0.15) is 12.0 Å². The van der Waals surface area contributed by atoms with Crippen LogP contribution in [0.2, 0.25) is 0 Å². The van der Waals surface area contributed by atoms with Gasteiger partial charge in [0, 0.05) is 6.21 Å². The highest BCUT2D eigenvalue weighted by atomic mass is 14.9. The minimum atomic E-state index is 1.00. The van der Waals surface area contributed by atoms with E-state index in [1.165, 1.54) is 5.56 Å². The predicted octanol–water partition coefficient (Wildman–Crippen LogP) is 2.36. The zero-order valence-corrected chi connectivity index (χ0v) is 6.77. The first-order valence-electron chi connectivity index (χ1n) is 4.09. The lowest BCUT2D eigenvalue weighted by molar-refractivity contribution is 1.05. The molecule has 60 valence electrons. The standard InChI is InChI=1S/C10H10N2/c1-2-6-10-9(4-1)5-3-7-11-8-12-10/h1-2,4,6-8H,3,5H2. The van der Waals surface area contributed by atoms with E-state index in [2.05, 4.69) is 16.1 Å². The van der Waals surface area contributed by atoms with E-state index in [4.69, 9.17) is 0 Å². The van der Waals surface area contributed by atoms with Gasteiger partial charge in [-0.1, -0.05) is 18.2 Å². The van der Waals surface area contributed by atoms with E-state index in [1.807, 2.05) is 24.4 Å². The van der Waals surface area contributed by atoms with Crippen LogP contribution in [0.3, 0.4) is 0 Å². The number of nitrogens with zero attached hydrogens (tertiary/aromatic N) is 2. The van der Waals surface area contributed by atoms with Gasteiger partial charge >= 0.3 is 0 Å². The molecule has 1 aliphatic heterocycles. The maximum absolute atomic E-state index is 4.22. The van der Waals surface area contributed by atoms with Crippen LogP contribution in [0, 0.1) is 0 Å². The van der Waals surface area contributed by atoms with E-state index in [0.29, 0.717) is 0 Å². The highest BCUT2D eigenvalue weighted by molar-refractivity contribution is 5.76. The third-order valence-corrected chi connectivity index (χ3v) is 1.90.